The van der Waals surface area contributed by atoms with Crippen molar-refractivity contribution in [1.29, 1.82) is 0 Å². The molecule has 0 saturated carbocycles. The molecule has 3 N–H and O–H groups in total. The van der Waals surface area contributed by atoms with Crippen LogP contribution in [0.15, 0.2) is 36.5 Å². The van der Waals surface area contributed by atoms with E-state index in [2.05, 4.69) is 50.3 Å². The van der Waals surface area contributed by atoms with E-state index in [4.69, 9.17) is 24.3 Å². The van der Waals surface area contributed by atoms with Crippen molar-refractivity contribution in [1.82, 2.24) is 0 Å². The number of hydrogen-bond donors (Lipinski definition) is 2. The van der Waals surface area contributed by atoms with Crippen LogP contribution in [0, 0.1) is 0 Å². The Morgan fingerprint density at radius 3 is 1.45 bits per heavy atom. The first-order valence-electron chi connectivity index (χ1n) is 22.5. The molecule has 0 rings (SSSR count). The molecule has 0 saturated heterocycles. The summed E-state index contributed by atoms with van der Waals surface area (Å²) in [5.41, 5.74) is 5.35. The maximum atomic E-state index is 12.6. The average molecular weight is 798 g/mol. The van der Waals surface area contributed by atoms with Crippen LogP contribution in [0.25, 0.3) is 0 Å². The molecule has 0 radical (unpaired) electrons. The van der Waals surface area contributed by atoms with Gasteiger partial charge in [-0.15, -0.1) is 0 Å². The molecule has 9 nitrogen and oxygen atoms in total. The number of nitrogens with two attached hydrogens (primary N) is 1. The van der Waals surface area contributed by atoms with Crippen LogP contribution in [-0.4, -0.2) is 49.3 Å². The zero-order valence-corrected chi connectivity index (χ0v) is 36.3. The van der Waals surface area contributed by atoms with Gasteiger partial charge in [-0.2, -0.15) is 0 Å². The van der Waals surface area contributed by atoms with Gasteiger partial charge in [0.25, 0.3) is 0 Å². The number of unbranched alkanes of at least 4 members (excludes halogenated alkanes) is 23. The Morgan fingerprint density at radius 1 is 0.545 bits per heavy atom. The van der Waals surface area contributed by atoms with Crippen molar-refractivity contribution in [3.63, 3.8) is 0 Å². The maximum absolute atomic E-state index is 12.6. The van der Waals surface area contributed by atoms with Gasteiger partial charge in [-0.1, -0.05) is 159 Å². The van der Waals surface area contributed by atoms with E-state index in [1.165, 1.54) is 109 Å². The third kappa shape index (κ3) is 41.7. The number of carbonyl (C=O) groups excluding carboxylic acids is 2. The van der Waals surface area contributed by atoms with Crippen molar-refractivity contribution >= 4 is 19.8 Å². The Morgan fingerprint density at radius 2 is 0.945 bits per heavy atom. The largest absolute Gasteiger partial charge is 0.472 e. The van der Waals surface area contributed by atoms with Crippen LogP contribution in [0.4, 0.5) is 0 Å². The highest BCUT2D eigenvalue weighted by Crippen LogP contribution is 2.43. The van der Waals surface area contributed by atoms with Gasteiger partial charge in [-0.05, 0) is 70.6 Å². The minimum absolute atomic E-state index is 0.0507. The number of esters is 2. The zero-order valence-electron chi connectivity index (χ0n) is 35.4. The van der Waals surface area contributed by atoms with Gasteiger partial charge in [0, 0.05) is 19.4 Å². The fourth-order valence-corrected chi connectivity index (χ4v) is 6.89. The minimum atomic E-state index is -4.38. The zero-order chi connectivity index (χ0) is 40.3. The molecule has 0 heterocycles. The van der Waals surface area contributed by atoms with Gasteiger partial charge in [0.2, 0.25) is 0 Å². The van der Waals surface area contributed by atoms with E-state index in [-0.39, 0.29) is 32.6 Å². The van der Waals surface area contributed by atoms with Crippen molar-refractivity contribution in [2.75, 3.05) is 26.4 Å². The van der Waals surface area contributed by atoms with Crippen LogP contribution in [0.3, 0.4) is 0 Å². The fourth-order valence-electron chi connectivity index (χ4n) is 6.13. The van der Waals surface area contributed by atoms with Crippen molar-refractivity contribution in [3.05, 3.63) is 36.5 Å². The number of carbonyl (C=O) groups is 2. The molecule has 0 amide bonds. The summed E-state index contributed by atoms with van der Waals surface area (Å²) >= 11 is 0. The fraction of sp³-hybridized carbons (Fsp3) is 0.822. The number of phosphoric ester groups is 1. The van der Waals surface area contributed by atoms with Gasteiger partial charge in [0.1, 0.15) is 6.61 Å². The van der Waals surface area contributed by atoms with Gasteiger partial charge in [0.05, 0.1) is 13.2 Å². The summed E-state index contributed by atoms with van der Waals surface area (Å²) in [5, 5.41) is 0. The van der Waals surface area contributed by atoms with Crippen LogP contribution in [0.2, 0.25) is 0 Å². The first-order valence-corrected chi connectivity index (χ1v) is 24.0. The van der Waals surface area contributed by atoms with Crippen LogP contribution in [-0.2, 0) is 32.7 Å². The number of rotatable bonds is 42. The van der Waals surface area contributed by atoms with Crippen molar-refractivity contribution in [2.24, 2.45) is 5.73 Å². The van der Waals surface area contributed by atoms with E-state index >= 15 is 0 Å². The molecular formula is C45H84NO8P. The molecule has 0 fully saturated rings. The van der Waals surface area contributed by atoms with Crippen LogP contribution in [0.5, 0.6) is 0 Å². The summed E-state index contributed by atoms with van der Waals surface area (Å²) in [7, 11) is -4.38. The van der Waals surface area contributed by atoms with E-state index in [0.29, 0.717) is 12.8 Å². The number of hydrogen-bond acceptors (Lipinski definition) is 8. The molecule has 0 aliphatic carbocycles. The summed E-state index contributed by atoms with van der Waals surface area (Å²) in [6, 6.07) is 0. The number of allylic oxidation sites excluding steroid dienone is 6. The molecule has 55 heavy (non-hydrogen) atoms. The van der Waals surface area contributed by atoms with Gasteiger partial charge in [0.15, 0.2) is 6.10 Å². The average Bonchev–Trinajstić information content (AvgIpc) is 3.17. The van der Waals surface area contributed by atoms with Gasteiger partial charge >= 0.3 is 19.8 Å². The topological polar surface area (TPSA) is 134 Å². The molecule has 322 valence electrons. The second-order valence-electron chi connectivity index (χ2n) is 14.9. The number of ether oxygens (including phenoxy) is 2. The van der Waals surface area contributed by atoms with Crippen LogP contribution < -0.4 is 5.73 Å². The molecule has 0 aromatic carbocycles. The van der Waals surface area contributed by atoms with Gasteiger partial charge in [-0.25, -0.2) is 4.57 Å². The summed E-state index contributed by atoms with van der Waals surface area (Å²) < 4.78 is 32.8. The summed E-state index contributed by atoms with van der Waals surface area (Å²) in [6.07, 6.45) is 46.0. The summed E-state index contributed by atoms with van der Waals surface area (Å²) in [4.78, 5) is 34.9. The molecule has 0 aromatic rings. The standard InChI is InChI=1S/C45H84NO8P/c1-3-5-7-9-11-13-15-17-19-20-21-22-24-26-28-30-32-34-36-38-45(48)54-43(42-53-55(49,50)52-40-39-46)41-51-44(47)37-35-33-31-29-27-25-23-18-16-14-12-10-8-6-4-2/h11,13,17,19,25,27,43H,3-10,12,14-16,18,20-24,26,28-42,46H2,1-2H3,(H,49,50)/b13-11+,19-17+,27-25+/t43-/m1/s1. The van der Waals surface area contributed by atoms with Crippen LogP contribution >= 0.6 is 7.82 Å². The minimum Gasteiger partial charge on any atom is -0.462 e. The Labute approximate surface area is 337 Å². The second kappa shape index (κ2) is 41.9. The first-order chi connectivity index (χ1) is 26.8. The molecule has 0 aromatic heterocycles. The Bertz CT molecular complexity index is 1000. The molecule has 1 unspecified atom stereocenters. The van der Waals surface area contributed by atoms with Crippen LogP contribution in [0.1, 0.15) is 206 Å². The Kier molecular flexibility index (Phi) is 40.5. The van der Waals surface area contributed by atoms with E-state index in [1.54, 1.807) is 0 Å². The molecule has 0 aliphatic heterocycles. The second-order valence-corrected chi connectivity index (χ2v) is 16.4. The molecule has 0 spiro atoms. The van der Waals surface area contributed by atoms with Crippen molar-refractivity contribution in [2.45, 2.75) is 213 Å². The lowest BCUT2D eigenvalue weighted by atomic mass is 10.1. The first kappa shape index (κ1) is 53.2. The smallest absolute Gasteiger partial charge is 0.462 e. The molecule has 10 heteroatoms. The predicted molar refractivity (Wildman–Crippen MR) is 229 cm³/mol. The van der Waals surface area contributed by atoms with E-state index < -0.39 is 32.5 Å². The SMILES string of the molecule is CCCCC/C=C/C/C=C/CCCCCCCCCCCC(=O)O[C@H](COC(=O)CCCCC/C=C/CCCCCCCCCC)COP(=O)(O)OCCN. The lowest BCUT2D eigenvalue weighted by Gasteiger charge is -2.19. The summed E-state index contributed by atoms with van der Waals surface area (Å²) in [6.45, 7) is 3.70. The third-order valence-electron chi connectivity index (χ3n) is 9.50. The van der Waals surface area contributed by atoms with Crippen molar-refractivity contribution in [3.8, 4) is 0 Å². The highest BCUT2D eigenvalue weighted by molar-refractivity contribution is 7.47. The predicted octanol–water partition coefficient (Wildman–Crippen LogP) is 12.9. The van der Waals surface area contributed by atoms with E-state index in [9.17, 15) is 19.0 Å². The van der Waals surface area contributed by atoms with Gasteiger partial charge in [-0.3, -0.25) is 18.6 Å². The monoisotopic (exact) mass is 798 g/mol. The highest BCUT2D eigenvalue weighted by atomic mass is 31.2. The lowest BCUT2D eigenvalue weighted by Crippen LogP contribution is -2.29. The molecule has 2 atom stereocenters. The lowest BCUT2D eigenvalue weighted by molar-refractivity contribution is -0.161. The Balaban J connectivity index is 4.15. The van der Waals surface area contributed by atoms with Gasteiger partial charge < -0.3 is 20.1 Å². The maximum Gasteiger partial charge on any atom is 0.472 e. The number of phosphoric acid groups is 1. The quantitative estimate of drug-likeness (QED) is 0.0268. The van der Waals surface area contributed by atoms with E-state index in [1.807, 2.05) is 0 Å². The molecule has 0 aliphatic rings. The van der Waals surface area contributed by atoms with Crippen molar-refractivity contribution < 1.29 is 37.6 Å². The highest BCUT2D eigenvalue weighted by Gasteiger charge is 2.26. The third-order valence-corrected chi connectivity index (χ3v) is 10.5. The summed E-state index contributed by atoms with van der Waals surface area (Å²) in [5.74, 6) is -0.848. The molecule has 0 bridgehead atoms. The molecular weight excluding hydrogens is 713 g/mol. The Hall–Kier alpha value is -1.77. The van der Waals surface area contributed by atoms with E-state index in [0.717, 1.165) is 57.8 Å². The normalized spacial score (nSPS) is 13.6.